The molecule has 1 atom stereocenters. The summed E-state index contributed by atoms with van der Waals surface area (Å²) in [5.41, 5.74) is 1.71. The summed E-state index contributed by atoms with van der Waals surface area (Å²) in [4.78, 5) is 11.6. The van der Waals surface area contributed by atoms with Crippen LogP contribution in [0.2, 0.25) is 0 Å². The van der Waals surface area contributed by atoms with Crippen LogP contribution in [0.25, 0.3) is 10.8 Å². The molecule has 3 heteroatoms. The van der Waals surface area contributed by atoms with E-state index in [0.717, 1.165) is 16.3 Å². The molecule has 0 saturated carbocycles. The number of benzene rings is 2. The van der Waals surface area contributed by atoms with Crippen molar-refractivity contribution in [3.8, 4) is 0 Å². The third-order valence-electron chi connectivity index (χ3n) is 2.98. The fraction of sp³-hybridized carbons (Fsp3) is 0.267. The van der Waals surface area contributed by atoms with Crippen LogP contribution in [-0.4, -0.2) is 17.7 Å². The van der Waals surface area contributed by atoms with Crippen LogP contribution in [0.4, 0.5) is 0 Å². The number of hydrogen-bond acceptors (Lipinski definition) is 3. The van der Waals surface area contributed by atoms with Crippen LogP contribution in [-0.2, 0) is 9.53 Å². The molecule has 2 aromatic rings. The second kappa shape index (κ2) is 5.19. The van der Waals surface area contributed by atoms with Gasteiger partial charge in [0, 0.05) is 0 Å². The summed E-state index contributed by atoms with van der Waals surface area (Å²) < 4.78 is 4.85. The number of aryl methyl sites for hydroxylation is 1. The molecule has 0 aromatic heterocycles. The van der Waals surface area contributed by atoms with Crippen molar-refractivity contribution in [3.63, 3.8) is 0 Å². The Hall–Kier alpha value is -1.87. The summed E-state index contributed by atoms with van der Waals surface area (Å²) in [5, 5.41) is 12.0. The average molecular weight is 244 g/mol. The number of aliphatic hydroxyl groups excluding tert-OH is 1. The molecular formula is C15H16O3. The summed E-state index contributed by atoms with van der Waals surface area (Å²) in [6.45, 7) is 3.99. The molecule has 0 radical (unpaired) electrons. The summed E-state index contributed by atoms with van der Waals surface area (Å²) in [7, 11) is 0. The summed E-state index contributed by atoms with van der Waals surface area (Å²) in [6.07, 6.45) is -1.23. The topological polar surface area (TPSA) is 46.5 Å². The monoisotopic (exact) mass is 244 g/mol. The third kappa shape index (κ3) is 2.22. The maximum absolute atomic E-state index is 11.6. The molecule has 0 bridgehead atoms. The van der Waals surface area contributed by atoms with Crippen molar-refractivity contribution in [1.29, 1.82) is 0 Å². The minimum absolute atomic E-state index is 0.264. The lowest BCUT2D eigenvalue weighted by Gasteiger charge is -2.13. The predicted octanol–water partition coefficient (Wildman–Crippen LogP) is 2.74. The number of ether oxygens (including phenoxy) is 1. The highest BCUT2D eigenvalue weighted by molar-refractivity contribution is 5.92. The molecule has 0 amide bonds. The van der Waals surface area contributed by atoms with Gasteiger partial charge in [-0.1, -0.05) is 36.4 Å². The van der Waals surface area contributed by atoms with Crippen LogP contribution in [0.15, 0.2) is 36.4 Å². The second-order valence-electron chi connectivity index (χ2n) is 4.17. The van der Waals surface area contributed by atoms with Crippen LogP contribution in [0.5, 0.6) is 0 Å². The van der Waals surface area contributed by atoms with E-state index in [-0.39, 0.29) is 6.61 Å². The van der Waals surface area contributed by atoms with E-state index in [1.807, 2.05) is 37.3 Å². The van der Waals surface area contributed by atoms with Gasteiger partial charge in [-0.2, -0.15) is 0 Å². The third-order valence-corrected chi connectivity index (χ3v) is 2.98. The molecule has 0 heterocycles. The van der Waals surface area contributed by atoms with Gasteiger partial charge in [0.05, 0.1) is 6.61 Å². The van der Waals surface area contributed by atoms with Crippen molar-refractivity contribution < 1.29 is 14.6 Å². The standard InChI is InChI=1S/C15H16O3/c1-3-18-15(17)14(16)13-9-8-10(2)11-6-4-5-7-12(11)13/h4-9,14,16H,3H2,1-2H3. The maximum Gasteiger partial charge on any atom is 0.339 e. The largest absolute Gasteiger partial charge is 0.464 e. The highest BCUT2D eigenvalue weighted by Gasteiger charge is 2.20. The van der Waals surface area contributed by atoms with Crippen molar-refractivity contribution in [2.24, 2.45) is 0 Å². The van der Waals surface area contributed by atoms with Gasteiger partial charge >= 0.3 is 5.97 Å². The van der Waals surface area contributed by atoms with Gasteiger partial charge in [-0.3, -0.25) is 0 Å². The molecule has 18 heavy (non-hydrogen) atoms. The molecule has 3 nitrogen and oxygen atoms in total. The lowest BCUT2D eigenvalue weighted by molar-refractivity contribution is -0.153. The van der Waals surface area contributed by atoms with E-state index in [0.29, 0.717) is 5.56 Å². The normalized spacial score (nSPS) is 12.4. The van der Waals surface area contributed by atoms with Gasteiger partial charge in [-0.05, 0) is 35.7 Å². The van der Waals surface area contributed by atoms with Crippen molar-refractivity contribution in [3.05, 3.63) is 47.5 Å². The molecule has 0 aliphatic rings. The van der Waals surface area contributed by atoms with Gasteiger partial charge in [0.2, 0.25) is 0 Å². The Morgan fingerprint density at radius 3 is 2.56 bits per heavy atom. The van der Waals surface area contributed by atoms with Gasteiger partial charge in [0.1, 0.15) is 0 Å². The first-order chi connectivity index (χ1) is 8.65. The molecular weight excluding hydrogens is 228 g/mol. The molecule has 0 fully saturated rings. The van der Waals surface area contributed by atoms with Gasteiger partial charge in [-0.15, -0.1) is 0 Å². The molecule has 0 aliphatic carbocycles. The zero-order chi connectivity index (χ0) is 13.1. The number of carbonyl (C=O) groups excluding carboxylic acids is 1. The zero-order valence-electron chi connectivity index (χ0n) is 10.5. The number of aliphatic hydroxyl groups is 1. The number of rotatable bonds is 3. The van der Waals surface area contributed by atoms with Crippen LogP contribution in [0.1, 0.15) is 24.2 Å². The van der Waals surface area contributed by atoms with Crippen molar-refractivity contribution in [2.75, 3.05) is 6.61 Å². The van der Waals surface area contributed by atoms with Crippen LogP contribution in [0, 0.1) is 6.92 Å². The lowest BCUT2D eigenvalue weighted by atomic mass is 9.97. The average Bonchev–Trinajstić information content (AvgIpc) is 2.39. The Labute approximate surface area is 106 Å². The second-order valence-corrected chi connectivity index (χ2v) is 4.17. The molecule has 2 rings (SSSR count). The Morgan fingerprint density at radius 1 is 1.22 bits per heavy atom. The summed E-state index contributed by atoms with van der Waals surface area (Å²) in [6, 6.07) is 11.4. The molecule has 1 unspecified atom stereocenters. The highest BCUT2D eigenvalue weighted by Crippen LogP contribution is 2.27. The fourth-order valence-electron chi connectivity index (χ4n) is 2.06. The van der Waals surface area contributed by atoms with E-state index in [4.69, 9.17) is 4.74 Å². The van der Waals surface area contributed by atoms with E-state index in [1.54, 1.807) is 13.0 Å². The lowest BCUT2D eigenvalue weighted by Crippen LogP contribution is -2.15. The SMILES string of the molecule is CCOC(=O)C(O)c1ccc(C)c2ccccc12. The van der Waals surface area contributed by atoms with E-state index in [2.05, 4.69) is 0 Å². The van der Waals surface area contributed by atoms with Crippen LogP contribution < -0.4 is 0 Å². The number of esters is 1. The van der Waals surface area contributed by atoms with Crippen molar-refractivity contribution in [2.45, 2.75) is 20.0 Å². The summed E-state index contributed by atoms with van der Waals surface area (Å²) >= 11 is 0. The van der Waals surface area contributed by atoms with Crippen LogP contribution in [0.3, 0.4) is 0 Å². The Bertz CT molecular complexity index is 575. The zero-order valence-corrected chi connectivity index (χ0v) is 10.5. The van der Waals surface area contributed by atoms with E-state index < -0.39 is 12.1 Å². The van der Waals surface area contributed by atoms with Gasteiger partial charge in [-0.25, -0.2) is 4.79 Å². The maximum atomic E-state index is 11.6. The van der Waals surface area contributed by atoms with Crippen molar-refractivity contribution >= 4 is 16.7 Å². The minimum Gasteiger partial charge on any atom is -0.464 e. The molecule has 0 aliphatic heterocycles. The van der Waals surface area contributed by atoms with Gasteiger partial charge in [0.15, 0.2) is 6.10 Å². The number of hydrogen-bond donors (Lipinski definition) is 1. The Morgan fingerprint density at radius 2 is 1.89 bits per heavy atom. The Balaban J connectivity index is 2.51. The molecule has 0 saturated heterocycles. The van der Waals surface area contributed by atoms with Gasteiger partial charge in [0.25, 0.3) is 0 Å². The first-order valence-electron chi connectivity index (χ1n) is 5.98. The number of carbonyl (C=O) groups is 1. The smallest absolute Gasteiger partial charge is 0.339 e. The predicted molar refractivity (Wildman–Crippen MR) is 70.3 cm³/mol. The van der Waals surface area contributed by atoms with Gasteiger partial charge < -0.3 is 9.84 Å². The minimum atomic E-state index is -1.23. The van der Waals surface area contributed by atoms with Crippen molar-refractivity contribution in [1.82, 2.24) is 0 Å². The van der Waals surface area contributed by atoms with Crippen LogP contribution >= 0.6 is 0 Å². The Kier molecular flexibility index (Phi) is 3.63. The fourth-order valence-corrected chi connectivity index (χ4v) is 2.06. The summed E-state index contributed by atoms with van der Waals surface area (Å²) in [5.74, 6) is -0.605. The van der Waals surface area contributed by atoms with E-state index in [1.165, 1.54) is 0 Å². The van der Waals surface area contributed by atoms with E-state index >= 15 is 0 Å². The quantitative estimate of drug-likeness (QED) is 0.844. The highest BCUT2D eigenvalue weighted by atomic mass is 16.5. The first-order valence-corrected chi connectivity index (χ1v) is 5.98. The molecule has 0 spiro atoms. The first kappa shape index (κ1) is 12.6. The van der Waals surface area contributed by atoms with E-state index in [9.17, 15) is 9.90 Å². The molecule has 2 aromatic carbocycles. The number of fused-ring (bicyclic) bond motifs is 1. The molecule has 94 valence electrons. The molecule has 1 N–H and O–H groups in total.